The molecule has 0 atom stereocenters. The maximum Gasteiger partial charge on any atom is 0.269 e. The summed E-state index contributed by atoms with van der Waals surface area (Å²) in [6, 6.07) is 14.0. The van der Waals surface area contributed by atoms with Crippen molar-refractivity contribution in [2.75, 3.05) is 5.32 Å². The van der Waals surface area contributed by atoms with Crippen molar-refractivity contribution in [2.24, 2.45) is 0 Å². The highest BCUT2D eigenvalue weighted by Gasteiger charge is 2.19. The molecule has 0 aliphatic heterocycles. The molecule has 0 heterocycles. The lowest BCUT2D eigenvalue weighted by atomic mass is 10.0. The van der Waals surface area contributed by atoms with Crippen molar-refractivity contribution in [2.45, 2.75) is 0 Å². The molecule has 7 heteroatoms. The van der Waals surface area contributed by atoms with Crippen molar-refractivity contribution in [1.29, 1.82) is 0 Å². The van der Waals surface area contributed by atoms with Gasteiger partial charge in [-0.1, -0.05) is 35.9 Å². The lowest BCUT2D eigenvalue weighted by molar-refractivity contribution is -0.384. The zero-order chi connectivity index (χ0) is 17.3. The Labute approximate surface area is 141 Å². The third kappa shape index (κ3) is 2.87. The molecule has 3 rings (SSSR count). The molecule has 3 aromatic carbocycles. The monoisotopic (exact) mass is 342 g/mol. The van der Waals surface area contributed by atoms with Crippen LogP contribution in [0, 0.1) is 10.1 Å². The van der Waals surface area contributed by atoms with Gasteiger partial charge < -0.3 is 10.4 Å². The van der Waals surface area contributed by atoms with Gasteiger partial charge in [-0.2, -0.15) is 0 Å². The Bertz CT molecular complexity index is 955. The average Bonchev–Trinajstić information content (AvgIpc) is 2.55. The lowest BCUT2D eigenvalue weighted by Crippen LogP contribution is -2.13. The van der Waals surface area contributed by atoms with Crippen LogP contribution >= 0.6 is 11.6 Å². The Morgan fingerprint density at radius 3 is 2.46 bits per heavy atom. The first-order valence-electron chi connectivity index (χ1n) is 6.93. The van der Waals surface area contributed by atoms with Crippen LogP contribution in [0.2, 0.25) is 5.02 Å². The summed E-state index contributed by atoms with van der Waals surface area (Å²) in [4.78, 5) is 22.5. The molecule has 0 spiro atoms. The van der Waals surface area contributed by atoms with E-state index in [9.17, 15) is 20.0 Å². The van der Waals surface area contributed by atoms with E-state index in [1.807, 2.05) is 0 Å². The number of hydrogen-bond donors (Lipinski definition) is 2. The van der Waals surface area contributed by atoms with Crippen LogP contribution in [0.15, 0.2) is 54.6 Å². The fourth-order valence-corrected chi connectivity index (χ4v) is 2.66. The lowest BCUT2D eigenvalue weighted by Gasteiger charge is -2.11. The second-order valence-corrected chi connectivity index (χ2v) is 5.47. The smallest absolute Gasteiger partial charge is 0.269 e. The number of halogens is 1. The number of fused-ring (bicyclic) bond motifs is 1. The minimum Gasteiger partial charge on any atom is -0.506 e. The number of phenols is 1. The van der Waals surface area contributed by atoms with E-state index in [4.69, 9.17) is 11.6 Å². The van der Waals surface area contributed by atoms with Gasteiger partial charge in [0.2, 0.25) is 0 Å². The normalized spacial score (nSPS) is 10.5. The molecule has 0 aliphatic carbocycles. The number of non-ortho nitro benzene ring substituents is 1. The number of benzene rings is 3. The number of rotatable bonds is 3. The van der Waals surface area contributed by atoms with Crippen molar-refractivity contribution in [3.63, 3.8) is 0 Å². The quantitative estimate of drug-likeness (QED) is 0.546. The second-order valence-electron chi connectivity index (χ2n) is 5.06. The number of hydrogen-bond acceptors (Lipinski definition) is 4. The van der Waals surface area contributed by atoms with Crippen LogP contribution in [0.3, 0.4) is 0 Å². The Morgan fingerprint density at radius 1 is 1.12 bits per heavy atom. The zero-order valence-corrected chi connectivity index (χ0v) is 12.9. The number of nitrogens with zero attached hydrogens (tertiary/aromatic N) is 1. The van der Waals surface area contributed by atoms with Gasteiger partial charge in [0.15, 0.2) is 0 Å². The Morgan fingerprint density at radius 2 is 1.79 bits per heavy atom. The molecule has 0 saturated carbocycles. The van der Waals surface area contributed by atoms with E-state index >= 15 is 0 Å². The molecular formula is C17H11ClN2O4. The van der Waals surface area contributed by atoms with Gasteiger partial charge in [0.1, 0.15) is 11.3 Å². The van der Waals surface area contributed by atoms with Gasteiger partial charge in [-0.25, -0.2) is 0 Å². The molecule has 0 unspecified atom stereocenters. The molecule has 2 N–H and O–H groups in total. The summed E-state index contributed by atoms with van der Waals surface area (Å²) in [6.45, 7) is 0. The molecule has 24 heavy (non-hydrogen) atoms. The fraction of sp³-hybridized carbons (Fsp3) is 0. The Hall–Kier alpha value is -3.12. The Kier molecular flexibility index (Phi) is 4.05. The molecule has 0 radical (unpaired) electrons. The van der Waals surface area contributed by atoms with Crippen LogP contribution in [0.1, 0.15) is 10.4 Å². The highest BCUT2D eigenvalue weighted by molar-refractivity contribution is 6.36. The minimum atomic E-state index is -0.600. The molecular weight excluding hydrogens is 332 g/mol. The van der Waals surface area contributed by atoms with Gasteiger partial charge in [0.05, 0.1) is 9.95 Å². The van der Waals surface area contributed by atoms with Crippen molar-refractivity contribution < 1.29 is 14.8 Å². The largest absolute Gasteiger partial charge is 0.506 e. The van der Waals surface area contributed by atoms with Crippen LogP contribution in [0.5, 0.6) is 5.75 Å². The first kappa shape index (κ1) is 15.8. The second kappa shape index (κ2) is 6.17. The summed E-state index contributed by atoms with van der Waals surface area (Å²) >= 11 is 6.13. The van der Waals surface area contributed by atoms with E-state index in [0.717, 1.165) is 0 Å². The number of carbonyl (C=O) groups is 1. The van der Waals surface area contributed by atoms with E-state index in [1.54, 1.807) is 30.3 Å². The SMILES string of the molecule is O=C(Nc1ccc([N+](=O)[O-])cc1)c1c(Cl)cc2ccccc2c1O. The molecule has 0 bridgehead atoms. The molecule has 3 aromatic rings. The number of anilines is 1. The van der Waals surface area contributed by atoms with Gasteiger partial charge in [-0.3, -0.25) is 14.9 Å². The molecule has 0 saturated heterocycles. The number of nitro groups is 1. The predicted molar refractivity (Wildman–Crippen MR) is 91.7 cm³/mol. The topological polar surface area (TPSA) is 92.5 Å². The van der Waals surface area contributed by atoms with E-state index < -0.39 is 10.8 Å². The predicted octanol–water partition coefficient (Wildman–Crippen LogP) is 4.36. The number of aromatic hydroxyl groups is 1. The van der Waals surface area contributed by atoms with E-state index in [0.29, 0.717) is 16.5 Å². The van der Waals surface area contributed by atoms with Gasteiger partial charge >= 0.3 is 0 Å². The zero-order valence-electron chi connectivity index (χ0n) is 12.2. The van der Waals surface area contributed by atoms with Crippen LogP contribution in [-0.2, 0) is 0 Å². The van der Waals surface area contributed by atoms with Crippen LogP contribution in [-0.4, -0.2) is 15.9 Å². The van der Waals surface area contributed by atoms with Gasteiger partial charge in [0, 0.05) is 23.2 Å². The minimum absolute atomic E-state index is 0.0475. The van der Waals surface area contributed by atoms with Crippen molar-refractivity contribution in [3.8, 4) is 5.75 Å². The van der Waals surface area contributed by atoms with Gasteiger partial charge in [0.25, 0.3) is 11.6 Å². The van der Waals surface area contributed by atoms with Crippen LogP contribution in [0.4, 0.5) is 11.4 Å². The summed E-state index contributed by atoms with van der Waals surface area (Å²) in [6.07, 6.45) is 0. The van der Waals surface area contributed by atoms with Gasteiger partial charge in [-0.15, -0.1) is 0 Å². The first-order valence-corrected chi connectivity index (χ1v) is 7.31. The third-order valence-corrected chi connectivity index (χ3v) is 3.83. The molecule has 0 aliphatic rings. The van der Waals surface area contributed by atoms with Crippen molar-refractivity contribution in [3.05, 3.63) is 75.3 Å². The summed E-state index contributed by atoms with van der Waals surface area (Å²) in [5, 5.41) is 24.9. The Balaban J connectivity index is 1.95. The maximum atomic E-state index is 12.4. The van der Waals surface area contributed by atoms with Crippen LogP contribution in [0.25, 0.3) is 10.8 Å². The number of phenolic OH excluding ortho intramolecular Hbond substituents is 1. The van der Waals surface area contributed by atoms with Crippen molar-refractivity contribution >= 4 is 39.7 Å². The number of nitrogens with one attached hydrogen (secondary N) is 1. The summed E-state index contributed by atoms with van der Waals surface area (Å²) in [5.41, 5.74) is 0.225. The standard InChI is InChI=1S/C17H11ClN2O4/c18-14-9-10-3-1-2-4-13(10)16(21)15(14)17(22)19-11-5-7-12(8-6-11)20(23)24/h1-9,21H,(H,19,22). The molecule has 0 fully saturated rings. The summed E-state index contributed by atoms with van der Waals surface area (Å²) in [5.74, 6) is -0.811. The highest BCUT2D eigenvalue weighted by atomic mass is 35.5. The summed E-state index contributed by atoms with van der Waals surface area (Å²) < 4.78 is 0. The first-order chi connectivity index (χ1) is 11.5. The maximum absolute atomic E-state index is 12.4. The summed E-state index contributed by atoms with van der Waals surface area (Å²) in [7, 11) is 0. The average molecular weight is 343 g/mol. The van der Waals surface area contributed by atoms with Crippen molar-refractivity contribution in [1.82, 2.24) is 0 Å². The molecule has 1 amide bonds. The number of amides is 1. The van der Waals surface area contributed by atoms with E-state index in [1.165, 1.54) is 24.3 Å². The molecule has 6 nitrogen and oxygen atoms in total. The number of carbonyl (C=O) groups excluding carboxylic acids is 1. The van der Waals surface area contributed by atoms with Gasteiger partial charge in [-0.05, 0) is 23.6 Å². The van der Waals surface area contributed by atoms with Crippen LogP contribution < -0.4 is 5.32 Å². The molecule has 120 valence electrons. The molecule has 0 aromatic heterocycles. The van der Waals surface area contributed by atoms with E-state index in [2.05, 4.69) is 5.32 Å². The van der Waals surface area contributed by atoms with E-state index in [-0.39, 0.29) is 22.0 Å². The fourth-order valence-electron chi connectivity index (χ4n) is 2.37. The third-order valence-electron chi connectivity index (χ3n) is 3.54. The highest BCUT2D eigenvalue weighted by Crippen LogP contribution is 2.35. The number of nitro benzene ring substituents is 1.